The average molecular weight is 635 g/mol. The SMILES string of the molecule is C[OH+]CCOc1cc(OC(C)(C)C(=O)NC2CC3CCC(C2)N3c2ccc(C(=O)NCC(F)(F)F)cn2)c(Cl)cc1Cl. The number of hydrogen-bond donors (Lipinski definition) is 2. The highest BCUT2D eigenvalue weighted by molar-refractivity contribution is 6.36. The van der Waals surface area contributed by atoms with E-state index >= 15 is 0 Å². The second-order valence-electron chi connectivity index (χ2n) is 10.9. The molecule has 14 heteroatoms. The molecule has 3 N–H and O–H groups in total. The number of amides is 2. The zero-order valence-electron chi connectivity index (χ0n) is 23.4. The number of pyridine rings is 1. The monoisotopic (exact) mass is 633 g/mol. The van der Waals surface area contributed by atoms with Gasteiger partial charge in [-0.05, 0) is 57.7 Å². The fourth-order valence-corrected chi connectivity index (χ4v) is 5.73. The highest BCUT2D eigenvalue weighted by atomic mass is 35.5. The van der Waals surface area contributed by atoms with Gasteiger partial charge in [0.2, 0.25) is 0 Å². The van der Waals surface area contributed by atoms with Crippen molar-refractivity contribution in [2.75, 3.05) is 31.8 Å². The summed E-state index contributed by atoms with van der Waals surface area (Å²) >= 11 is 12.6. The molecule has 42 heavy (non-hydrogen) atoms. The number of halogens is 5. The number of aliphatic hydroxyl groups is 2. The van der Waals surface area contributed by atoms with Crippen molar-refractivity contribution in [3.63, 3.8) is 0 Å². The van der Waals surface area contributed by atoms with Gasteiger partial charge in [0.05, 0.1) is 15.6 Å². The second-order valence-corrected chi connectivity index (χ2v) is 11.7. The molecule has 2 atom stereocenters. The van der Waals surface area contributed by atoms with Gasteiger partial charge in [0.15, 0.2) is 18.8 Å². The van der Waals surface area contributed by atoms with Crippen LogP contribution >= 0.6 is 23.2 Å². The van der Waals surface area contributed by atoms with Crippen molar-refractivity contribution in [1.29, 1.82) is 0 Å². The lowest BCUT2D eigenvalue weighted by atomic mass is 9.96. The molecule has 1 aromatic heterocycles. The number of aromatic nitrogens is 1. The number of carbonyl (C=O) groups is 2. The van der Waals surface area contributed by atoms with Crippen LogP contribution in [0.1, 0.15) is 49.9 Å². The summed E-state index contributed by atoms with van der Waals surface area (Å²) in [6.07, 6.45) is -0.0464. The summed E-state index contributed by atoms with van der Waals surface area (Å²) in [6.45, 7) is 2.73. The highest BCUT2D eigenvalue weighted by Gasteiger charge is 2.43. The Kier molecular flexibility index (Phi) is 9.99. The number of alkyl halides is 3. The summed E-state index contributed by atoms with van der Waals surface area (Å²) in [6, 6.07) is 6.30. The number of piperidine rings is 1. The lowest BCUT2D eigenvalue weighted by Crippen LogP contribution is -2.55. The predicted molar refractivity (Wildman–Crippen MR) is 153 cm³/mol. The van der Waals surface area contributed by atoms with E-state index in [1.54, 1.807) is 33.1 Å². The Labute approximate surface area is 252 Å². The lowest BCUT2D eigenvalue weighted by Gasteiger charge is -2.40. The normalized spacial score (nSPS) is 20.3. The van der Waals surface area contributed by atoms with Gasteiger partial charge in [-0.2, -0.15) is 13.2 Å². The van der Waals surface area contributed by atoms with Crippen LogP contribution in [-0.4, -0.2) is 78.3 Å². The van der Waals surface area contributed by atoms with E-state index in [1.807, 2.05) is 5.32 Å². The molecule has 1 aromatic carbocycles. The van der Waals surface area contributed by atoms with Crippen LogP contribution in [0.15, 0.2) is 30.5 Å². The van der Waals surface area contributed by atoms with E-state index < -0.39 is 24.2 Å². The van der Waals surface area contributed by atoms with Gasteiger partial charge in [-0.25, -0.2) is 4.98 Å². The fraction of sp³-hybridized carbons (Fsp3) is 0.536. The average Bonchev–Trinajstić information content (AvgIpc) is 3.19. The fourth-order valence-electron chi connectivity index (χ4n) is 5.25. The van der Waals surface area contributed by atoms with Gasteiger partial charge in [0, 0.05) is 30.4 Å². The van der Waals surface area contributed by atoms with E-state index in [2.05, 4.69) is 19.9 Å². The van der Waals surface area contributed by atoms with Crippen LogP contribution in [0.3, 0.4) is 0 Å². The third kappa shape index (κ3) is 7.90. The number of rotatable bonds is 11. The molecule has 0 aliphatic carbocycles. The topological polar surface area (TPSA) is 106 Å². The van der Waals surface area contributed by atoms with Crippen LogP contribution in [0.25, 0.3) is 0 Å². The molecule has 2 bridgehead atoms. The van der Waals surface area contributed by atoms with Crippen molar-refractivity contribution in [2.45, 2.75) is 69.4 Å². The van der Waals surface area contributed by atoms with Crippen LogP contribution in [0.2, 0.25) is 10.0 Å². The molecule has 2 amide bonds. The Hall–Kier alpha value is -2.96. The maximum atomic E-state index is 13.3. The van der Waals surface area contributed by atoms with E-state index in [4.69, 9.17) is 32.7 Å². The predicted octanol–water partition coefficient (Wildman–Crippen LogP) is 4.69. The number of anilines is 1. The number of nitrogens with one attached hydrogen (secondary N) is 2. The molecule has 2 saturated heterocycles. The van der Waals surface area contributed by atoms with Crippen LogP contribution in [0.5, 0.6) is 11.5 Å². The van der Waals surface area contributed by atoms with Gasteiger partial charge >= 0.3 is 6.18 Å². The number of carbonyl (C=O) groups excluding carboxylic acids is 2. The Morgan fingerprint density at radius 3 is 2.36 bits per heavy atom. The molecular formula is C28H34Cl2F3N4O5+. The molecule has 0 spiro atoms. The van der Waals surface area contributed by atoms with Gasteiger partial charge in [-0.3, -0.25) is 9.59 Å². The number of fused-ring (bicyclic) bond motifs is 2. The van der Waals surface area contributed by atoms with Crippen molar-refractivity contribution in [2.24, 2.45) is 0 Å². The van der Waals surface area contributed by atoms with E-state index in [0.29, 0.717) is 42.6 Å². The van der Waals surface area contributed by atoms with Gasteiger partial charge in [-0.1, -0.05) is 23.2 Å². The molecule has 0 radical (unpaired) electrons. The second kappa shape index (κ2) is 13.1. The zero-order valence-corrected chi connectivity index (χ0v) is 24.9. The van der Waals surface area contributed by atoms with E-state index in [9.17, 15) is 22.8 Å². The summed E-state index contributed by atoms with van der Waals surface area (Å²) in [5.41, 5.74) is -1.20. The molecular weight excluding hydrogens is 600 g/mol. The molecule has 3 heterocycles. The summed E-state index contributed by atoms with van der Waals surface area (Å²) in [4.78, 5) is 31.9. The Morgan fingerprint density at radius 1 is 1.10 bits per heavy atom. The minimum Gasteiger partial charge on any atom is -0.484 e. The van der Waals surface area contributed by atoms with Crippen molar-refractivity contribution in [3.8, 4) is 11.5 Å². The van der Waals surface area contributed by atoms with E-state index in [1.165, 1.54) is 18.3 Å². The Balaban J connectivity index is 1.35. The molecule has 2 unspecified atom stereocenters. The number of hydrogen-bond acceptors (Lipinski definition) is 6. The van der Waals surface area contributed by atoms with Crippen LogP contribution in [0, 0.1) is 0 Å². The molecule has 2 fully saturated rings. The molecule has 2 aromatic rings. The molecule has 2 aliphatic rings. The lowest BCUT2D eigenvalue weighted by molar-refractivity contribution is -0.135. The van der Waals surface area contributed by atoms with Gasteiger partial charge < -0.3 is 29.7 Å². The van der Waals surface area contributed by atoms with Crippen LogP contribution in [0.4, 0.5) is 19.0 Å². The zero-order chi connectivity index (χ0) is 30.7. The Bertz CT molecular complexity index is 1270. The highest BCUT2D eigenvalue weighted by Crippen LogP contribution is 2.40. The first-order valence-electron chi connectivity index (χ1n) is 13.5. The number of nitrogens with zero attached hydrogens (tertiary/aromatic N) is 2. The number of ether oxygens (including phenoxy) is 3. The van der Waals surface area contributed by atoms with Gasteiger partial charge in [-0.15, -0.1) is 0 Å². The smallest absolute Gasteiger partial charge is 0.405 e. The quantitative estimate of drug-likeness (QED) is 0.275. The van der Waals surface area contributed by atoms with Crippen molar-refractivity contribution in [3.05, 3.63) is 46.1 Å². The minimum absolute atomic E-state index is 0.0515. The third-order valence-corrected chi connectivity index (χ3v) is 7.85. The van der Waals surface area contributed by atoms with Crippen molar-refractivity contribution in [1.82, 2.24) is 15.6 Å². The van der Waals surface area contributed by atoms with Gasteiger partial charge in [0.25, 0.3) is 11.8 Å². The Morgan fingerprint density at radius 2 is 1.76 bits per heavy atom. The first-order chi connectivity index (χ1) is 19.8. The standard InChI is InChI=1S/C28H33Cl2F3N4O5/c1-27(2,42-23-13-22(41-9-8-40-3)20(29)12-21(23)30)26(39)36-17-10-18-5-6-19(11-17)37(18)24-7-4-16(14-34-24)25(38)35-15-28(31,32)33/h4,7,12-14,17-19H,5-6,8-11,15H2,1-3H3,(H,35,38)(H,36,39)/p+1. The first-order valence-corrected chi connectivity index (χ1v) is 14.3. The first kappa shape index (κ1) is 32.0. The van der Waals surface area contributed by atoms with Crippen LogP contribution < -0.4 is 25.0 Å². The van der Waals surface area contributed by atoms with Crippen LogP contribution in [-0.2, 0) is 4.79 Å². The van der Waals surface area contributed by atoms with Crippen molar-refractivity contribution >= 4 is 40.8 Å². The molecule has 230 valence electrons. The summed E-state index contributed by atoms with van der Waals surface area (Å²) < 4.78 is 52.9. The molecule has 0 saturated carbocycles. The van der Waals surface area contributed by atoms with Gasteiger partial charge in [0.1, 0.15) is 31.0 Å². The maximum absolute atomic E-state index is 13.3. The number of benzene rings is 1. The molecule has 2 aliphatic heterocycles. The third-order valence-electron chi connectivity index (χ3n) is 7.26. The summed E-state index contributed by atoms with van der Waals surface area (Å²) in [7, 11) is 1.68. The van der Waals surface area contributed by atoms with Crippen molar-refractivity contribution < 1.29 is 37.0 Å². The largest absolute Gasteiger partial charge is 0.484 e. The van der Waals surface area contributed by atoms with E-state index in [0.717, 1.165) is 12.8 Å². The minimum atomic E-state index is -4.49. The maximum Gasteiger partial charge on any atom is 0.405 e. The molecule has 4 rings (SSSR count). The van der Waals surface area contributed by atoms with E-state index in [-0.39, 0.29) is 40.4 Å². The molecule has 9 nitrogen and oxygen atoms in total. The summed E-state index contributed by atoms with van der Waals surface area (Å²) in [5, 5.41) is 5.54. The summed E-state index contributed by atoms with van der Waals surface area (Å²) in [5.74, 6) is 0.151.